The number of esters is 1. The summed E-state index contributed by atoms with van der Waals surface area (Å²) in [4.78, 5) is 11.8. The number of aliphatic hydroxyl groups excluding tert-OH is 1. The van der Waals surface area contributed by atoms with Gasteiger partial charge in [-0.15, -0.1) is 0 Å². The predicted octanol–water partition coefficient (Wildman–Crippen LogP) is 3.95. The molecule has 0 bridgehead atoms. The van der Waals surface area contributed by atoms with Crippen LogP contribution in [0.4, 0.5) is 13.2 Å². The molecule has 1 atom stereocenters. The topological polar surface area (TPSA) is 46.5 Å². The summed E-state index contributed by atoms with van der Waals surface area (Å²) in [5.74, 6) is -3.79. The predicted molar refractivity (Wildman–Crippen MR) is 77.5 cm³/mol. The van der Waals surface area contributed by atoms with Gasteiger partial charge in [-0.1, -0.05) is 24.3 Å². The highest BCUT2D eigenvalue weighted by molar-refractivity contribution is 5.93. The Hall–Kier alpha value is -2.24. The van der Waals surface area contributed by atoms with E-state index in [9.17, 15) is 23.1 Å². The number of hydrogen-bond donors (Lipinski definition) is 1. The van der Waals surface area contributed by atoms with Gasteiger partial charge in [0.15, 0.2) is 0 Å². The Morgan fingerprint density at radius 1 is 1.26 bits per heavy atom. The van der Waals surface area contributed by atoms with Gasteiger partial charge < -0.3 is 9.84 Å². The summed E-state index contributed by atoms with van der Waals surface area (Å²) in [6.07, 6.45) is -4.05. The van der Waals surface area contributed by atoms with Gasteiger partial charge >= 0.3 is 12.1 Å². The molecule has 0 spiro atoms. The number of aryl methyl sites for hydroxylation is 1. The smallest absolute Gasteiger partial charge is 0.399 e. The minimum Gasteiger partial charge on any atom is -0.511 e. The Balaban J connectivity index is 2.19. The SMILES string of the molecule is COC(=O)C1=C(O)CC2=C(CCc3ccccc32)C1C(F)(F)F. The summed E-state index contributed by atoms with van der Waals surface area (Å²) in [5.41, 5.74) is 1.63. The second-order valence-electron chi connectivity index (χ2n) is 5.66. The molecule has 0 saturated heterocycles. The summed E-state index contributed by atoms with van der Waals surface area (Å²) in [7, 11) is 1.01. The molecule has 0 saturated carbocycles. The van der Waals surface area contributed by atoms with Crippen LogP contribution in [0.25, 0.3) is 5.57 Å². The van der Waals surface area contributed by atoms with Crippen LogP contribution in [0.3, 0.4) is 0 Å². The van der Waals surface area contributed by atoms with E-state index in [2.05, 4.69) is 4.74 Å². The Labute approximate surface area is 131 Å². The summed E-state index contributed by atoms with van der Waals surface area (Å²) in [6.45, 7) is 0. The molecule has 0 aromatic heterocycles. The first-order valence-electron chi connectivity index (χ1n) is 7.21. The first kappa shape index (κ1) is 15.6. The van der Waals surface area contributed by atoms with E-state index in [0.717, 1.165) is 18.2 Å². The number of ether oxygens (including phenoxy) is 1. The molecule has 1 aromatic carbocycles. The Morgan fingerprint density at radius 3 is 2.61 bits per heavy atom. The van der Waals surface area contributed by atoms with Crippen molar-refractivity contribution < 1.29 is 27.8 Å². The van der Waals surface area contributed by atoms with Gasteiger partial charge in [-0.25, -0.2) is 4.79 Å². The maximum Gasteiger partial charge on any atom is 0.399 e. The highest BCUT2D eigenvalue weighted by Crippen LogP contribution is 2.50. The number of benzene rings is 1. The second-order valence-corrected chi connectivity index (χ2v) is 5.66. The van der Waals surface area contributed by atoms with Crippen molar-refractivity contribution in [3.8, 4) is 0 Å². The molecule has 122 valence electrons. The number of rotatable bonds is 1. The third-order valence-corrected chi connectivity index (χ3v) is 4.42. The van der Waals surface area contributed by atoms with Crippen molar-refractivity contribution >= 4 is 11.5 Å². The monoisotopic (exact) mass is 324 g/mol. The van der Waals surface area contributed by atoms with E-state index in [-0.39, 0.29) is 18.4 Å². The molecule has 2 aliphatic carbocycles. The number of carbonyl (C=O) groups excluding carboxylic acids is 1. The largest absolute Gasteiger partial charge is 0.511 e. The molecular weight excluding hydrogens is 309 g/mol. The Kier molecular flexibility index (Phi) is 3.70. The molecule has 0 aliphatic heterocycles. The van der Waals surface area contributed by atoms with Crippen molar-refractivity contribution in [2.75, 3.05) is 7.11 Å². The molecule has 0 fully saturated rings. The molecule has 1 N–H and O–H groups in total. The Morgan fingerprint density at radius 2 is 1.96 bits per heavy atom. The fraction of sp³-hybridized carbons (Fsp3) is 0.353. The molecule has 6 heteroatoms. The minimum atomic E-state index is -4.66. The highest BCUT2D eigenvalue weighted by Gasteiger charge is 2.51. The quantitative estimate of drug-likeness (QED) is 0.796. The lowest BCUT2D eigenvalue weighted by atomic mass is 9.72. The van der Waals surface area contributed by atoms with Gasteiger partial charge in [0.25, 0.3) is 0 Å². The fourth-order valence-electron chi connectivity index (χ4n) is 3.46. The molecule has 1 unspecified atom stereocenters. The first-order chi connectivity index (χ1) is 10.8. The minimum absolute atomic E-state index is 0.0800. The number of hydrogen-bond acceptors (Lipinski definition) is 3. The molecule has 2 aliphatic rings. The lowest BCUT2D eigenvalue weighted by Gasteiger charge is -2.34. The van der Waals surface area contributed by atoms with Crippen LogP contribution in [0.5, 0.6) is 0 Å². The standard InChI is InChI=1S/C17H15F3O3/c1-23-16(22)14-13(21)8-12-10-5-3-2-4-9(10)6-7-11(12)15(14)17(18,19)20/h2-5,15,21H,6-8H2,1H3. The van der Waals surface area contributed by atoms with Crippen LogP contribution in [-0.2, 0) is 16.0 Å². The zero-order valence-electron chi connectivity index (χ0n) is 12.4. The molecular formula is C17H15F3O3. The van der Waals surface area contributed by atoms with Crippen molar-refractivity contribution in [3.05, 3.63) is 52.3 Å². The number of methoxy groups -OCH3 is 1. The zero-order valence-corrected chi connectivity index (χ0v) is 12.4. The van der Waals surface area contributed by atoms with Crippen LogP contribution in [0.2, 0.25) is 0 Å². The lowest BCUT2D eigenvalue weighted by molar-refractivity contribution is -0.163. The number of halogens is 3. The number of carbonyl (C=O) groups is 1. The van der Waals surface area contributed by atoms with Crippen molar-refractivity contribution in [1.29, 1.82) is 0 Å². The van der Waals surface area contributed by atoms with Crippen molar-refractivity contribution in [1.82, 2.24) is 0 Å². The third kappa shape index (κ3) is 2.52. The van der Waals surface area contributed by atoms with Gasteiger partial charge in [-0.2, -0.15) is 13.2 Å². The summed E-state index contributed by atoms with van der Waals surface area (Å²) < 4.78 is 45.3. The zero-order chi connectivity index (χ0) is 16.8. The van der Waals surface area contributed by atoms with Crippen LogP contribution >= 0.6 is 0 Å². The van der Waals surface area contributed by atoms with Gasteiger partial charge in [0.2, 0.25) is 0 Å². The normalized spacial score (nSPS) is 21.0. The van der Waals surface area contributed by atoms with Crippen molar-refractivity contribution in [2.24, 2.45) is 5.92 Å². The molecule has 0 heterocycles. The van der Waals surface area contributed by atoms with Crippen LogP contribution < -0.4 is 0 Å². The van der Waals surface area contributed by atoms with Crippen LogP contribution in [0.15, 0.2) is 41.2 Å². The maximum atomic E-state index is 13.6. The first-order valence-corrected chi connectivity index (χ1v) is 7.21. The highest BCUT2D eigenvalue weighted by atomic mass is 19.4. The number of fused-ring (bicyclic) bond motifs is 2. The summed E-state index contributed by atoms with van der Waals surface area (Å²) in [6, 6.07) is 7.23. The van der Waals surface area contributed by atoms with Gasteiger partial charge in [0, 0.05) is 6.42 Å². The van der Waals surface area contributed by atoms with E-state index >= 15 is 0 Å². The summed E-state index contributed by atoms with van der Waals surface area (Å²) in [5, 5.41) is 10.1. The van der Waals surface area contributed by atoms with E-state index in [1.165, 1.54) is 0 Å². The fourth-order valence-corrected chi connectivity index (χ4v) is 3.46. The molecule has 0 radical (unpaired) electrons. The average Bonchev–Trinajstić information content (AvgIpc) is 2.51. The number of alkyl halides is 3. The van der Waals surface area contributed by atoms with Gasteiger partial charge in [0.1, 0.15) is 11.7 Å². The van der Waals surface area contributed by atoms with E-state index in [1.807, 2.05) is 12.1 Å². The maximum absolute atomic E-state index is 13.6. The second kappa shape index (κ2) is 5.44. The van der Waals surface area contributed by atoms with Crippen LogP contribution in [0, 0.1) is 5.92 Å². The summed E-state index contributed by atoms with van der Waals surface area (Å²) >= 11 is 0. The van der Waals surface area contributed by atoms with E-state index in [4.69, 9.17) is 0 Å². The Bertz CT molecular complexity index is 729. The average molecular weight is 324 g/mol. The van der Waals surface area contributed by atoms with Crippen LogP contribution in [0.1, 0.15) is 24.0 Å². The van der Waals surface area contributed by atoms with Crippen molar-refractivity contribution in [3.63, 3.8) is 0 Å². The van der Waals surface area contributed by atoms with Crippen LogP contribution in [-0.4, -0.2) is 24.4 Å². The van der Waals surface area contributed by atoms with Gasteiger partial charge in [-0.05, 0) is 35.1 Å². The number of allylic oxidation sites excluding steroid dienone is 2. The van der Waals surface area contributed by atoms with Gasteiger partial charge in [-0.3, -0.25) is 0 Å². The van der Waals surface area contributed by atoms with Gasteiger partial charge in [0.05, 0.1) is 12.7 Å². The third-order valence-electron chi connectivity index (χ3n) is 4.42. The number of aliphatic hydroxyl groups is 1. The molecule has 3 rings (SSSR count). The van der Waals surface area contributed by atoms with Crippen molar-refractivity contribution in [2.45, 2.75) is 25.4 Å². The van der Waals surface area contributed by atoms with E-state index in [0.29, 0.717) is 12.0 Å². The molecule has 0 amide bonds. The van der Waals surface area contributed by atoms with E-state index < -0.39 is 29.4 Å². The van der Waals surface area contributed by atoms with E-state index in [1.54, 1.807) is 12.1 Å². The molecule has 23 heavy (non-hydrogen) atoms. The lowest BCUT2D eigenvalue weighted by Crippen LogP contribution is -2.35. The molecule has 1 aromatic rings. The molecule has 3 nitrogen and oxygen atoms in total.